The molecule has 2 N–H and O–H groups in total. The second kappa shape index (κ2) is 4.30. The van der Waals surface area contributed by atoms with E-state index in [1.54, 1.807) is 0 Å². The maximum atomic E-state index is 5.82. The Morgan fingerprint density at radius 2 is 2.07 bits per heavy atom. The minimum Gasteiger partial charge on any atom is -0.373 e. The first-order chi connectivity index (χ1) is 6.81. The highest BCUT2D eigenvalue weighted by Crippen LogP contribution is 2.33. The minimum atomic E-state index is 0.164. The third-order valence-corrected chi connectivity index (χ3v) is 2.97. The molecule has 1 aliphatic heterocycles. The molecular weight excluding hydrogens is 198 g/mol. The summed E-state index contributed by atoms with van der Waals surface area (Å²) in [6.07, 6.45) is 1.22. The van der Waals surface area contributed by atoms with Gasteiger partial charge in [-0.05, 0) is 30.7 Å². The van der Waals surface area contributed by atoms with Crippen molar-refractivity contribution in [3.8, 4) is 0 Å². The Hall–Kier alpha value is -0.570. The molecule has 2 atom stereocenters. The molecule has 0 aliphatic carbocycles. The highest BCUT2D eigenvalue weighted by atomic mass is 35.5. The minimum absolute atomic E-state index is 0.164. The fourth-order valence-electron chi connectivity index (χ4n) is 1.90. The van der Waals surface area contributed by atoms with Crippen LogP contribution >= 0.6 is 11.6 Å². The van der Waals surface area contributed by atoms with Crippen LogP contribution in [0.5, 0.6) is 0 Å². The van der Waals surface area contributed by atoms with Crippen LogP contribution in [0.25, 0.3) is 0 Å². The van der Waals surface area contributed by atoms with Crippen LogP contribution in [0, 0.1) is 5.92 Å². The number of ether oxygens (including phenoxy) is 1. The molecule has 2 rings (SSSR count). The Morgan fingerprint density at radius 1 is 1.36 bits per heavy atom. The third kappa shape index (κ3) is 1.92. The van der Waals surface area contributed by atoms with E-state index >= 15 is 0 Å². The van der Waals surface area contributed by atoms with Crippen LogP contribution in [0.15, 0.2) is 24.3 Å². The van der Waals surface area contributed by atoms with Gasteiger partial charge in [0.1, 0.15) is 0 Å². The van der Waals surface area contributed by atoms with Crippen molar-refractivity contribution < 1.29 is 4.74 Å². The van der Waals surface area contributed by atoms with Crippen LogP contribution < -0.4 is 5.73 Å². The summed E-state index contributed by atoms with van der Waals surface area (Å²) in [6.45, 7) is 1.50. The second-order valence-electron chi connectivity index (χ2n) is 3.63. The monoisotopic (exact) mass is 211 g/mol. The topological polar surface area (TPSA) is 35.2 Å². The van der Waals surface area contributed by atoms with Gasteiger partial charge in [0.2, 0.25) is 0 Å². The predicted octanol–water partition coefficient (Wildman–Crippen LogP) is 2.38. The normalized spacial score (nSPS) is 26.7. The molecule has 1 aromatic rings. The quantitative estimate of drug-likeness (QED) is 0.815. The third-order valence-electron chi connectivity index (χ3n) is 2.72. The van der Waals surface area contributed by atoms with Gasteiger partial charge in [-0.2, -0.15) is 0 Å². The first-order valence-corrected chi connectivity index (χ1v) is 5.26. The van der Waals surface area contributed by atoms with E-state index in [9.17, 15) is 0 Å². The van der Waals surface area contributed by atoms with E-state index in [2.05, 4.69) is 0 Å². The van der Waals surface area contributed by atoms with Gasteiger partial charge in [-0.3, -0.25) is 0 Å². The van der Waals surface area contributed by atoms with Crippen molar-refractivity contribution in [2.45, 2.75) is 12.5 Å². The number of rotatable bonds is 2. The first kappa shape index (κ1) is 9.97. The average molecular weight is 212 g/mol. The molecule has 0 spiro atoms. The molecule has 1 saturated heterocycles. The molecule has 0 saturated carbocycles. The zero-order valence-corrected chi connectivity index (χ0v) is 8.70. The molecular formula is C11H14ClNO. The van der Waals surface area contributed by atoms with Gasteiger partial charge in [0.15, 0.2) is 0 Å². The highest BCUT2D eigenvalue weighted by Gasteiger charge is 2.28. The molecule has 0 aromatic heterocycles. The highest BCUT2D eigenvalue weighted by molar-refractivity contribution is 6.30. The van der Waals surface area contributed by atoms with Crippen molar-refractivity contribution in [2.24, 2.45) is 11.7 Å². The van der Waals surface area contributed by atoms with Gasteiger partial charge in [-0.15, -0.1) is 0 Å². The number of halogens is 1. The summed E-state index contributed by atoms with van der Waals surface area (Å²) in [7, 11) is 0. The largest absolute Gasteiger partial charge is 0.373 e. The van der Waals surface area contributed by atoms with Crippen LogP contribution in [0.4, 0.5) is 0 Å². The van der Waals surface area contributed by atoms with Gasteiger partial charge < -0.3 is 10.5 Å². The summed E-state index contributed by atoms with van der Waals surface area (Å²) in [5, 5.41) is 0.760. The summed E-state index contributed by atoms with van der Waals surface area (Å²) < 4.78 is 5.66. The number of hydrogen-bond acceptors (Lipinski definition) is 2. The van der Waals surface area contributed by atoms with E-state index in [0.29, 0.717) is 12.5 Å². The number of benzene rings is 1. The van der Waals surface area contributed by atoms with Gasteiger partial charge in [-0.1, -0.05) is 23.7 Å². The molecule has 0 amide bonds. The lowest BCUT2D eigenvalue weighted by atomic mass is 9.96. The molecule has 0 bridgehead atoms. The molecule has 1 aromatic carbocycles. The maximum absolute atomic E-state index is 5.82. The Morgan fingerprint density at radius 3 is 2.71 bits per heavy atom. The zero-order valence-electron chi connectivity index (χ0n) is 7.95. The van der Waals surface area contributed by atoms with Crippen molar-refractivity contribution in [2.75, 3.05) is 13.2 Å². The van der Waals surface area contributed by atoms with Gasteiger partial charge >= 0.3 is 0 Å². The van der Waals surface area contributed by atoms with Crippen molar-refractivity contribution in [1.82, 2.24) is 0 Å². The maximum Gasteiger partial charge on any atom is 0.0865 e. The van der Waals surface area contributed by atoms with Crippen LogP contribution in [0.2, 0.25) is 5.02 Å². The van der Waals surface area contributed by atoms with Gasteiger partial charge in [-0.25, -0.2) is 0 Å². The van der Waals surface area contributed by atoms with E-state index in [4.69, 9.17) is 22.1 Å². The van der Waals surface area contributed by atoms with Crippen molar-refractivity contribution >= 4 is 11.6 Å². The van der Waals surface area contributed by atoms with Gasteiger partial charge in [0.25, 0.3) is 0 Å². The average Bonchev–Trinajstić information content (AvgIpc) is 2.67. The molecule has 2 nitrogen and oxygen atoms in total. The SMILES string of the molecule is NCC1CCOC1c1ccc(Cl)cc1. The lowest BCUT2D eigenvalue weighted by Gasteiger charge is -2.16. The standard InChI is InChI=1S/C11H14ClNO/c12-10-3-1-8(2-4-10)11-9(7-13)5-6-14-11/h1-4,9,11H,5-7,13H2. The molecule has 76 valence electrons. The van der Waals surface area contributed by atoms with Crippen molar-refractivity contribution in [1.29, 1.82) is 0 Å². The molecule has 1 heterocycles. The van der Waals surface area contributed by atoms with Crippen LogP contribution in [0.1, 0.15) is 18.1 Å². The smallest absolute Gasteiger partial charge is 0.0865 e. The number of hydrogen-bond donors (Lipinski definition) is 1. The van der Waals surface area contributed by atoms with E-state index < -0.39 is 0 Å². The van der Waals surface area contributed by atoms with Crippen LogP contribution in [-0.4, -0.2) is 13.2 Å². The fourth-order valence-corrected chi connectivity index (χ4v) is 2.02. The second-order valence-corrected chi connectivity index (χ2v) is 4.06. The zero-order chi connectivity index (χ0) is 9.97. The molecule has 2 unspecified atom stereocenters. The Labute approximate surface area is 89.0 Å². The molecule has 0 radical (unpaired) electrons. The van der Waals surface area contributed by atoms with Crippen molar-refractivity contribution in [3.63, 3.8) is 0 Å². The summed E-state index contributed by atoms with van der Waals surface area (Å²) in [5.41, 5.74) is 6.87. The molecule has 1 fully saturated rings. The summed E-state index contributed by atoms with van der Waals surface area (Å²) in [6, 6.07) is 7.82. The molecule has 1 aliphatic rings. The summed E-state index contributed by atoms with van der Waals surface area (Å²) >= 11 is 5.82. The van der Waals surface area contributed by atoms with E-state index in [1.807, 2.05) is 24.3 Å². The lowest BCUT2D eigenvalue weighted by molar-refractivity contribution is 0.0925. The fraction of sp³-hybridized carbons (Fsp3) is 0.455. The van der Waals surface area contributed by atoms with Gasteiger partial charge in [0.05, 0.1) is 6.10 Å². The van der Waals surface area contributed by atoms with Crippen molar-refractivity contribution in [3.05, 3.63) is 34.9 Å². The Kier molecular flexibility index (Phi) is 3.06. The first-order valence-electron chi connectivity index (χ1n) is 4.88. The Balaban J connectivity index is 2.17. The number of nitrogens with two attached hydrogens (primary N) is 1. The summed E-state index contributed by atoms with van der Waals surface area (Å²) in [4.78, 5) is 0. The van der Waals surface area contributed by atoms with Crippen LogP contribution in [0.3, 0.4) is 0 Å². The van der Waals surface area contributed by atoms with E-state index in [0.717, 1.165) is 18.1 Å². The lowest BCUT2D eigenvalue weighted by Crippen LogP contribution is -2.17. The van der Waals surface area contributed by atoms with Crippen LogP contribution in [-0.2, 0) is 4.74 Å². The molecule has 14 heavy (non-hydrogen) atoms. The predicted molar refractivity (Wildman–Crippen MR) is 57.3 cm³/mol. The molecule has 3 heteroatoms. The van der Waals surface area contributed by atoms with E-state index in [-0.39, 0.29) is 6.10 Å². The Bertz CT molecular complexity index is 299. The van der Waals surface area contributed by atoms with E-state index in [1.165, 1.54) is 5.56 Å². The van der Waals surface area contributed by atoms with Gasteiger partial charge in [0, 0.05) is 17.5 Å². The summed E-state index contributed by atoms with van der Waals surface area (Å²) in [5.74, 6) is 0.455.